The summed E-state index contributed by atoms with van der Waals surface area (Å²) < 4.78 is 0. The fourth-order valence-corrected chi connectivity index (χ4v) is 5.88. The maximum atomic E-state index is 10.5. The SMILES string of the molecule is Nc1nc(CN2C[C@@H](Cc3ccncc3)[C@@H](O)C2)nc2sc3c(c12)CCCC3. The van der Waals surface area contributed by atoms with Crippen molar-refractivity contribution < 1.29 is 5.11 Å². The highest BCUT2D eigenvalue weighted by Crippen LogP contribution is 2.37. The quantitative estimate of drug-likeness (QED) is 0.706. The van der Waals surface area contributed by atoms with Gasteiger partial charge in [0.25, 0.3) is 0 Å². The molecule has 1 saturated heterocycles. The van der Waals surface area contributed by atoms with Crippen LogP contribution in [-0.2, 0) is 25.8 Å². The number of aliphatic hydroxyl groups is 1. The number of thiophene rings is 1. The van der Waals surface area contributed by atoms with Gasteiger partial charge in [-0.1, -0.05) is 0 Å². The lowest BCUT2D eigenvalue weighted by molar-refractivity contribution is 0.141. The van der Waals surface area contributed by atoms with Gasteiger partial charge in [-0.25, -0.2) is 9.97 Å². The normalized spacial score (nSPS) is 22.6. The number of rotatable bonds is 4. The summed E-state index contributed by atoms with van der Waals surface area (Å²) in [5.41, 5.74) is 8.93. The Kier molecular flexibility index (Phi) is 4.74. The minimum absolute atomic E-state index is 0.220. The Labute approximate surface area is 168 Å². The number of aromatic nitrogens is 3. The summed E-state index contributed by atoms with van der Waals surface area (Å²) in [5.74, 6) is 1.60. The molecule has 4 heterocycles. The molecule has 0 saturated carbocycles. The number of fused-ring (bicyclic) bond motifs is 3. The van der Waals surface area contributed by atoms with Gasteiger partial charge in [0.05, 0.1) is 18.0 Å². The molecule has 0 radical (unpaired) electrons. The molecule has 0 spiro atoms. The van der Waals surface area contributed by atoms with Gasteiger partial charge in [-0.3, -0.25) is 9.88 Å². The second-order valence-corrected chi connectivity index (χ2v) is 9.08. The number of aryl methyl sites for hydroxylation is 2. The van der Waals surface area contributed by atoms with E-state index in [1.807, 2.05) is 12.1 Å². The van der Waals surface area contributed by atoms with Gasteiger partial charge in [0, 0.05) is 36.3 Å². The Bertz CT molecular complexity index is 989. The zero-order valence-corrected chi connectivity index (χ0v) is 16.7. The Morgan fingerprint density at radius 2 is 1.96 bits per heavy atom. The Morgan fingerprint density at radius 3 is 2.82 bits per heavy atom. The lowest BCUT2D eigenvalue weighted by Crippen LogP contribution is -2.23. The average Bonchev–Trinajstić information content (AvgIpc) is 3.22. The molecule has 3 N–H and O–H groups in total. The molecule has 0 unspecified atom stereocenters. The summed E-state index contributed by atoms with van der Waals surface area (Å²) in [6.07, 6.45) is 8.86. The Balaban J connectivity index is 1.33. The Hall–Kier alpha value is -2.09. The largest absolute Gasteiger partial charge is 0.391 e. The number of β-amino-alcohol motifs (C(OH)–C–C–N with tert-alkyl or cyclic N) is 1. The van der Waals surface area contributed by atoms with Crippen LogP contribution in [-0.4, -0.2) is 44.2 Å². The number of hydrogen-bond acceptors (Lipinski definition) is 7. The van der Waals surface area contributed by atoms with E-state index in [1.165, 1.54) is 28.8 Å². The zero-order valence-electron chi connectivity index (χ0n) is 15.8. The molecule has 6 nitrogen and oxygen atoms in total. The molecule has 1 aliphatic heterocycles. The van der Waals surface area contributed by atoms with Gasteiger partial charge in [-0.05, 0) is 55.4 Å². The van der Waals surface area contributed by atoms with E-state index >= 15 is 0 Å². The molecule has 28 heavy (non-hydrogen) atoms. The first-order chi connectivity index (χ1) is 13.7. The predicted octanol–water partition coefficient (Wildman–Crippen LogP) is 2.58. The molecule has 1 fully saturated rings. The molecule has 0 bridgehead atoms. The van der Waals surface area contributed by atoms with Crippen molar-refractivity contribution in [1.82, 2.24) is 19.9 Å². The van der Waals surface area contributed by atoms with Gasteiger partial charge in [0.15, 0.2) is 0 Å². The van der Waals surface area contributed by atoms with Crippen molar-refractivity contribution in [2.24, 2.45) is 5.92 Å². The van der Waals surface area contributed by atoms with Crippen molar-refractivity contribution in [2.45, 2.75) is 44.8 Å². The van der Waals surface area contributed by atoms with E-state index in [2.05, 4.69) is 14.9 Å². The number of aliphatic hydroxyl groups excluding tert-OH is 1. The average molecular weight is 396 g/mol. The van der Waals surface area contributed by atoms with Gasteiger partial charge < -0.3 is 10.8 Å². The third kappa shape index (κ3) is 3.38. The maximum absolute atomic E-state index is 10.5. The van der Waals surface area contributed by atoms with E-state index < -0.39 is 0 Å². The van der Waals surface area contributed by atoms with Crippen LogP contribution in [0.3, 0.4) is 0 Å². The lowest BCUT2D eigenvalue weighted by atomic mass is 9.97. The molecule has 5 rings (SSSR count). The molecule has 1 aliphatic carbocycles. The summed E-state index contributed by atoms with van der Waals surface area (Å²) in [6, 6.07) is 4.04. The van der Waals surface area contributed by atoms with Crippen LogP contribution in [0.15, 0.2) is 24.5 Å². The molecule has 146 valence electrons. The van der Waals surface area contributed by atoms with Crippen LogP contribution in [0.4, 0.5) is 5.82 Å². The fourth-order valence-electron chi connectivity index (χ4n) is 4.60. The van der Waals surface area contributed by atoms with Crippen molar-refractivity contribution >= 4 is 27.4 Å². The van der Waals surface area contributed by atoms with E-state index in [0.717, 1.165) is 41.8 Å². The highest BCUT2D eigenvalue weighted by Gasteiger charge is 2.32. The zero-order chi connectivity index (χ0) is 19.1. The standard InChI is InChI=1S/C21H25N5OS/c22-20-19-15-3-1-2-4-17(15)28-21(19)25-18(24-20)12-26-10-14(16(27)11-26)9-13-5-7-23-8-6-13/h5-8,14,16,27H,1-4,9-12H2,(H2,22,24,25)/t14-,16+/m1/s1. The monoisotopic (exact) mass is 395 g/mol. The van der Waals surface area contributed by atoms with Crippen molar-refractivity contribution in [1.29, 1.82) is 0 Å². The number of nitrogens with zero attached hydrogens (tertiary/aromatic N) is 4. The predicted molar refractivity (Wildman–Crippen MR) is 111 cm³/mol. The Morgan fingerprint density at radius 1 is 1.14 bits per heavy atom. The highest BCUT2D eigenvalue weighted by atomic mass is 32.1. The first-order valence-corrected chi connectivity index (χ1v) is 10.8. The molecule has 7 heteroatoms. The van der Waals surface area contributed by atoms with Gasteiger partial charge in [0.2, 0.25) is 0 Å². The minimum Gasteiger partial charge on any atom is -0.391 e. The lowest BCUT2D eigenvalue weighted by Gasteiger charge is -2.15. The molecular formula is C21H25N5OS. The third-order valence-electron chi connectivity index (χ3n) is 5.98. The maximum Gasteiger partial charge on any atom is 0.146 e. The summed E-state index contributed by atoms with van der Waals surface area (Å²) in [4.78, 5) is 18.2. The topological polar surface area (TPSA) is 88.2 Å². The second kappa shape index (κ2) is 7.39. The second-order valence-electron chi connectivity index (χ2n) is 8.00. The van der Waals surface area contributed by atoms with Crippen molar-refractivity contribution in [3.05, 3.63) is 46.4 Å². The molecule has 3 aromatic heterocycles. The number of anilines is 1. The van der Waals surface area contributed by atoms with Crippen LogP contribution >= 0.6 is 11.3 Å². The number of nitrogens with two attached hydrogens (primary N) is 1. The van der Waals surface area contributed by atoms with E-state index in [9.17, 15) is 5.11 Å². The minimum atomic E-state index is -0.330. The van der Waals surface area contributed by atoms with Crippen LogP contribution < -0.4 is 5.73 Å². The van der Waals surface area contributed by atoms with Gasteiger partial charge in [0.1, 0.15) is 16.5 Å². The highest BCUT2D eigenvalue weighted by molar-refractivity contribution is 7.19. The smallest absolute Gasteiger partial charge is 0.146 e. The summed E-state index contributed by atoms with van der Waals surface area (Å²) in [5, 5.41) is 11.6. The van der Waals surface area contributed by atoms with Crippen molar-refractivity contribution in [3.63, 3.8) is 0 Å². The van der Waals surface area contributed by atoms with Crippen LogP contribution in [0, 0.1) is 5.92 Å². The van der Waals surface area contributed by atoms with E-state index in [-0.39, 0.29) is 12.0 Å². The van der Waals surface area contributed by atoms with Gasteiger partial charge >= 0.3 is 0 Å². The molecule has 0 aromatic carbocycles. The number of likely N-dealkylation sites (tertiary alicyclic amines) is 1. The fraction of sp³-hybridized carbons (Fsp3) is 0.476. The van der Waals surface area contributed by atoms with Crippen molar-refractivity contribution in [2.75, 3.05) is 18.8 Å². The van der Waals surface area contributed by atoms with Crippen LogP contribution in [0.5, 0.6) is 0 Å². The van der Waals surface area contributed by atoms with E-state index in [4.69, 9.17) is 10.7 Å². The first-order valence-electron chi connectivity index (χ1n) is 10.0. The number of nitrogen functional groups attached to an aromatic ring is 1. The summed E-state index contributed by atoms with van der Waals surface area (Å²) >= 11 is 1.78. The number of hydrogen-bond donors (Lipinski definition) is 2. The van der Waals surface area contributed by atoms with E-state index in [1.54, 1.807) is 23.7 Å². The third-order valence-corrected chi connectivity index (χ3v) is 7.17. The molecular weight excluding hydrogens is 370 g/mol. The number of pyridine rings is 1. The first kappa shape index (κ1) is 18.0. The van der Waals surface area contributed by atoms with Crippen LogP contribution in [0.1, 0.15) is 34.7 Å². The summed E-state index contributed by atoms with van der Waals surface area (Å²) in [6.45, 7) is 2.12. The molecule has 2 aliphatic rings. The molecule has 0 amide bonds. The van der Waals surface area contributed by atoms with Gasteiger partial charge in [-0.15, -0.1) is 11.3 Å². The van der Waals surface area contributed by atoms with E-state index in [0.29, 0.717) is 18.9 Å². The molecule has 3 aromatic rings. The van der Waals surface area contributed by atoms with Crippen LogP contribution in [0.25, 0.3) is 10.2 Å². The van der Waals surface area contributed by atoms with Crippen molar-refractivity contribution in [3.8, 4) is 0 Å². The molecule has 2 atom stereocenters. The summed E-state index contributed by atoms with van der Waals surface area (Å²) in [7, 11) is 0. The van der Waals surface area contributed by atoms with Gasteiger partial charge in [-0.2, -0.15) is 0 Å². The van der Waals surface area contributed by atoms with Crippen LogP contribution in [0.2, 0.25) is 0 Å².